The number of hydrogen-bond acceptors (Lipinski definition) is 6. The summed E-state index contributed by atoms with van der Waals surface area (Å²) < 4.78 is 1.75. The normalized spacial score (nSPS) is 20.1. The maximum Gasteiger partial charge on any atom is 0.226 e. The van der Waals surface area contributed by atoms with Crippen LogP contribution in [-0.4, -0.2) is 30.6 Å². The number of fused-ring (bicyclic) bond motifs is 1. The van der Waals surface area contributed by atoms with Gasteiger partial charge in [-0.2, -0.15) is 4.98 Å². The third kappa shape index (κ3) is 2.99. The zero-order chi connectivity index (χ0) is 20.2. The predicted molar refractivity (Wildman–Crippen MR) is 108 cm³/mol. The number of phenols is 1. The molecule has 1 atom stereocenters. The Balaban J connectivity index is 1.67. The third-order valence-corrected chi connectivity index (χ3v) is 5.43. The molecule has 7 heteroatoms. The second-order valence-electron chi connectivity index (χ2n) is 8.37. The predicted octanol–water partition coefficient (Wildman–Crippen LogP) is 3.70. The molecule has 0 bridgehead atoms. The fourth-order valence-corrected chi connectivity index (χ4v) is 4.15. The molecule has 146 valence electrons. The lowest BCUT2D eigenvalue weighted by atomic mass is 9.73. The first-order chi connectivity index (χ1) is 13.9. The molecule has 1 aliphatic heterocycles. The molecule has 2 aliphatic rings. The quantitative estimate of drug-likeness (QED) is 0.696. The number of rotatable bonds is 2. The minimum atomic E-state index is -0.413. The minimum absolute atomic E-state index is 0.112. The molecule has 0 saturated heterocycles. The fraction of sp³-hybridized carbons (Fsp3) is 0.273. The summed E-state index contributed by atoms with van der Waals surface area (Å²) in [5.41, 5.74) is 3.06. The van der Waals surface area contributed by atoms with Gasteiger partial charge in [0.2, 0.25) is 5.95 Å². The van der Waals surface area contributed by atoms with Crippen LogP contribution in [-0.2, 0) is 4.79 Å². The van der Waals surface area contributed by atoms with Gasteiger partial charge < -0.3 is 10.4 Å². The van der Waals surface area contributed by atoms with Gasteiger partial charge in [-0.1, -0.05) is 19.9 Å². The Hall–Kier alpha value is -3.48. The van der Waals surface area contributed by atoms with Crippen LogP contribution >= 0.6 is 0 Å². The second-order valence-corrected chi connectivity index (χ2v) is 8.37. The molecule has 0 saturated carbocycles. The Morgan fingerprint density at radius 1 is 1.14 bits per heavy atom. The van der Waals surface area contributed by atoms with Crippen molar-refractivity contribution in [1.29, 1.82) is 0 Å². The number of phenolic OH excluding ortho intramolecular Hbond substituents is 1. The molecule has 1 unspecified atom stereocenters. The van der Waals surface area contributed by atoms with E-state index >= 15 is 0 Å². The van der Waals surface area contributed by atoms with Gasteiger partial charge in [0.25, 0.3) is 0 Å². The maximum absolute atomic E-state index is 13.1. The lowest BCUT2D eigenvalue weighted by Gasteiger charge is -2.37. The number of ketones is 1. The van der Waals surface area contributed by atoms with E-state index in [1.165, 1.54) is 0 Å². The van der Waals surface area contributed by atoms with Gasteiger partial charge >= 0.3 is 0 Å². The highest BCUT2D eigenvalue weighted by molar-refractivity contribution is 6.00. The summed E-state index contributed by atoms with van der Waals surface area (Å²) >= 11 is 0. The number of hydrogen-bond donors (Lipinski definition) is 2. The summed E-state index contributed by atoms with van der Waals surface area (Å²) in [7, 11) is 0. The van der Waals surface area contributed by atoms with E-state index in [0.717, 1.165) is 28.9 Å². The molecule has 7 nitrogen and oxygen atoms in total. The molecule has 0 radical (unpaired) electrons. The zero-order valence-electron chi connectivity index (χ0n) is 16.3. The summed E-state index contributed by atoms with van der Waals surface area (Å²) in [6, 6.07) is 12.0. The van der Waals surface area contributed by atoms with Gasteiger partial charge in [-0.3, -0.25) is 9.78 Å². The van der Waals surface area contributed by atoms with Crippen LogP contribution in [0.5, 0.6) is 5.75 Å². The number of allylic oxidation sites excluding steroid dienone is 2. The monoisotopic (exact) mass is 387 g/mol. The number of nitrogens with one attached hydrogen (secondary N) is 1. The lowest BCUT2D eigenvalue weighted by molar-refractivity contribution is -0.118. The fourth-order valence-electron chi connectivity index (χ4n) is 4.15. The van der Waals surface area contributed by atoms with Crippen molar-refractivity contribution >= 4 is 11.7 Å². The largest absolute Gasteiger partial charge is 0.508 e. The van der Waals surface area contributed by atoms with E-state index in [0.29, 0.717) is 18.2 Å². The van der Waals surface area contributed by atoms with Crippen LogP contribution in [0.3, 0.4) is 0 Å². The molecule has 2 N–H and O–H groups in total. The van der Waals surface area contributed by atoms with Crippen LogP contribution in [0.25, 0.3) is 11.4 Å². The Morgan fingerprint density at radius 2 is 1.93 bits per heavy atom. The van der Waals surface area contributed by atoms with Crippen molar-refractivity contribution in [3.8, 4) is 17.1 Å². The number of nitrogens with zero attached hydrogens (tertiary/aromatic N) is 4. The van der Waals surface area contributed by atoms with Crippen molar-refractivity contribution in [3.05, 3.63) is 65.6 Å². The summed E-state index contributed by atoms with van der Waals surface area (Å²) in [6.45, 7) is 4.21. The minimum Gasteiger partial charge on any atom is -0.508 e. The van der Waals surface area contributed by atoms with Crippen LogP contribution in [0.1, 0.15) is 38.4 Å². The molecule has 0 fully saturated rings. The van der Waals surface area contributed by atoms with Crippen molar-refractivity contribution < 1.29 is 9.90 Å². The van der Waals surface area contributed by atoms with E-state index in [9.17, 15) is 9.90 Å². The first-order valence-electron chi connectivity index (χ1n) is 9.61. The second kappa shape index (κ2) is 6.27. The van der Waals surface area contributed by atoms with Gasteiger partial charge in [0.05, 0.1) is 5.69 Å². The van der Waals surface area contributed by atoms with Crippen LogP contribution < -0.4 is 5.32 Å². The van der Waals surface area contributed by atoms with Gasteiger partial charge in [0.15, 0.2) is 11.6 Å². The molecule has 1 aromatic carbocycles. The van der Waals surface area contributed by atoms with E-state index in [2.05, 4.69) is 29.1 Å². The molecule has 0 spiro atoms. The van der Waals surface area contributed by atoms with Crippen LogP contribution in [0.4, 0.5) is 5.95 Å². The lowest BCUT2D eigenvalue weighted by Crippen LogP contribution is -2.36. The Morgan fingerprint density at radius 3 is 2.66 bits per heavy atom. The zero-order valence-corrected chi connectivity index (χ0v) is 16.3. The van der Waals surface area contributed by atoms with E-state index < -0.39 is 6.04 Å². The topological polar surface area (TPSA) is 92.9 Å². The third-order valence-electron chi connectivity index (χ3n) is 5.43. The first-order valence-corrected chi connectivity index (χ1v) is 9.61. The van der Waals surface area contributed by atoms with Gasteiger partial charge in [-0.25, -0.2) is 4.68 Å². The number of Topliss-reactive ketones (excluding diaryl/α,β-unsaturated/α-hetero) is 1. The standard InChI is InChI=1S/C22H21N5O2/c1-22(2)11-16-18(17(29)12-22)19(15-5-3-4-10-23-15)27-21(24-16)25-20(26-27)13-6-8-14(28)9-7-13/h3-10,19,28H,11-12H2,1-2H3,(H,24,25,26). The van der Waals surface area contributed by atoms with E-state index in [1.807, 2.05) is 18.2 Å². The summed E-state index contributed by atoms with van der Waals surface area (Å²) in [5.74, 6) is 1.42. The van der Waals surface area contributed by atoms with E-state index in [4.69, 9.17) is 5.10 Å². The molecular weight excluding hydrogens is 366 g/mol. The average molecular weight is 387 g/mol. The van der Waals surface area contributed by atoms with Crippen LogP contribution in [0, 0.1) is 5.41 Å². The molecular formula is C22H21N5O2. The molecule has 1 aliphatic carbocycles. The van der Waals surface area contributed by atoms with Gasteiger partial charge in [0, 0.05) is 29.5 Å². The number of benzene rings is 1. The summed E-state index contributed by atoms with van der Waals surface area (Å²) in [5, 5.41) is 17.6. The summed E-state index contributed by atoms with van der Waals surface area (Å²) in [4.78, 5) is 22.3. The van der Waals surface area contributed by atoms with E-state index in [1.54, 1.807) is 35.1 Å². The molecule has 3 aromatic rings. The highest BCUT2D eigenvalue weighted by Gasteiger charge is 2.42. The maximum atomic E-state index is 13.1. The van der Waals surface area contributed by atoms with E-state index in [-0.39, 0.29) is 16.9 Å². The number of pyridine rings is 1. The Bertz CT molecular complexity index is 1130. The number of carbonyl (C=O) groups excluding carboxylic acids is 1. The molecule has 29 heavy (non-hydrogen) atoms. The molecule has 5 rings (SSSR count). The highest BCUT2D eigenvalue weighted by Crippen LogP contribution is 2.45. The number of aromatic hydroxyl groups is 1. The SMILES string of the molecule is CC1(C)CC(=O)C2=C(C1)Nc1nc(-c3ccc(O)cc3)nn1C2c1ccccn1. The molecule has 2 aromatic heterocycles. The smallest absolute Gasteiger partial charge is 0.226 e. The number of carbonyl (C=O) groups is 1. The van der Waals surface area contributed by atoms with Gasteiger partial charge in [0.1, 0.15) is 11.8 Å². The van der Waals surface area contributed by atoms with Gasteiger partial charge in [-0.15, -0.1) is 5.10 Å². The first kappa shape index (κ1) is 17.6. The van der Waals surface area contributed by atoms with Gasteiger partial charge in [-0.05, 0) is 48.2 Å². The van der Waals surface area contributed by atoms with Crippen molar-refractivity contribution in [2.75, 3.05) is 5.32 Å². The highest BCUT2D eigenvalue weighted by atomic mass is 16.3. The molecule has 0 amide bonds. The average Bonchev–Trinajstić information content (AvgIpc) is 3.10. The Labute approximate surface area is 168 Å². The van der Waals surface area contributed by atoms with Crippen LogP contribution in [0.2, 0.25) is 0 Å². The van der Waals surface area contributed by atoms with Crippen molar-refractivity contribution in [2.45, 2.75) is 32.7 Å². The molecule has 3 heterocycles. The van der Waals surface area contributed by atoms with Crippen molar-refractivity contribution in [3.63, 3.8) is 0 Å². The van der Waals surface area contributed by atoms with Crippen molar-refractivity contribution in [1.82, 2.24) is 19.7 Å². The number of anilines is 1. The Kier molecular flexibility index (Phi) is 3.81. The number of aromatic nitrogens is 4. The van der Waals surface area contributed by atoms with Crippen molar-refractivity contribution in [2.24, 2.45) is 5.41 Å². The summed E-state index contributed by atoms with van der Waals surface area (Å²) in [6.07, 6.45) is 2.98. The van der Waals surface area contributed by atoms with Crippen LogP contribution in [0.15, 0.2) is 59.9 Å².